The van der Waals surface area contributed by atoms with Crippen LogP contribution in [0.3, 0.4) is 0 Å². The summed E-state index contributed by atoms with van der Waals surface area (Å²) in [4.78, 5) is 30.1. The standard InChI is InChI=1S/C28H40N2O4/c1-4-5-6-7-10-23-13-15-24(16-14-23)28(32)30(22(2)3)21-27(31)29(19-25-11-8-17-33-25)20-26-12-9-18-34-26/h8,11,13-17,22,26H,4-7,9-10,12,18-21H2,1-3H3. The van der Waals surface area contributed by atoms with Gasteiger partial charge in [0.25, 0.3) is 5.91 Å². The molecule has 0 aliphatic carbocycles. The molecule has 1 fully saturated rings. The first-order valence-electron chi connectivity index (χ1n) is 12.8. The summed E-state index contributed by atoms with van der Waals surface area (Å²) in [6, 6.07) is 11.5. The number of furan rings is 1. The molecule has 1 aliphatic heterocycles. The Bertz CT molecular complexity index is 870. The van der Waals surface area contributed by atoms with Gasteiger partial charge in [0.05, 0.1) is 18.9 Å². The third-order valence-electron chi connectivity index (χ3n) is 6.44. The van der Waals surface area contributed by atoms with Gasteiger partial charge < -0.3 is 19.0 Å². The Balaban J connectivity index is 1.65. The van der Waals surface area contributed by atoms with E-state index in [4.69, 9.17) is 9.15 Å². The summed E-state index contributed by atoms with van der Waals surface area (Å²) < 4.78 is 11.3. The number of rotatable bonds is 13. The zero-order valence-electron chi connectivity index (χ0n) is 21.0. The molecule has 2 aromatic rings. The topological polar surface area (TPSA) is 63.0 Å². The number of aryl methyl sites for hydroxylation is 1. The molecule has 0 saturated carbocycles. The zero-order valence-corrected chi connectivity index (χ0v) is 21.0. The molecule has 1 atom stereocenters. The van der Waals surface area contributed by atoms with E-state index in [1.807, 2.05) is 50.2 Å². The molecule has 1 aromatic heterocycles. The van der Waals surface area contributed by atoms with Crippen molar-refractivity contribution in [1.29, 1.82) is 0 Å². The number of nitrogens with zero attached hydrogens (tertiary/aromatic N) is 2. The van der Waals surface area contributed by atoms with Gasteiger partial charge in [0.15, 0.2) is 0 Å². The minimum absolute atomic E-state index is 0.0305. The van der Waals surface area contributed by atoms with E-state index in [1.54, 1.807) is 16.1 Å². The van der Waals surface area contributed by atoms with Crippen molar-refractivity contribution < 1.29 is 18.7 Å². The molecule has 0 spiro atoms. The molecule has 34 heavy (non-hydrogen) atoms. The molecule has 2 heterocycles. The van der Waals surface area contributed by atoms with Crippen molar-refractivity contribution in [2.75, 3.05) is 19.7 Å². The minimum Gasteiger partial charge on any atom is -0.467 e. The van der Waals surface area contributed by atoms with Crippen LogP contribution >= 0.6 is 0 Å². The fourth-order valence-corrected chi connectivity index (χ4v) is 4.35. The van der Waals surface area contributed by atoms with Crippen LogP contribution in [0.5, 0.6) is 0 Å². The lowest BCUT2D eigenvalue weighted by Gasteiger charge is -2.31. The molecule has 1 saturated heterocycles. The molecule has 3 rings (SSSR count). The predicted molar refractivity (Wildman–Crippen MR) is 134 cm³/mol. The van der Waals surface area contributed by atoms with Gasteiger partial charge in [0.1, 0.15) is 12.3 Å². The Hall–Kier alpha value is -2.60. The summed E-state index contributed by atoms with van der Waals surface area (Å²) in [6.45, 7) is 7.76. The van der Waals surface area contributed by atoms with E-state index in [-0.39, 0.29) is 30.5 Å². The number of ether oxygens (including phenoxy) is 1. The van der Waals surface area contributed by atoms with Gasteiger partial charge in [-0.2, -0.15) is 0 Å². The maximum Gasteiger partial charge on any atom is 0.254 e. The van der Waals surface area contributed by atoms with Gasteiger partial charge >= 0.3 is 0 Å². The van der Waals surface area contributed by atoms with E-state index in [9.17, 15) is 9.59 Å². The van der Waals surface area contributed by atoms with Gasteiger partial charge in [-0.3, -0.25) is 9.59 Å². The van der Waals surface area contributed by atoms with Crippen LogP contribution < -0.4 is 0 Å². The molecule has 6 nitrogen and oxygen atoms in total. The van der Waals surface area contributed by atoms with Crippen LogP contribution in [0.25, 0.3) is 0 Å². The Morgan fingerprint density at radius 3 is 2.50 bits per heavy atom. The summed E-state index contributed by atoms with van der Waals surface area (Å²) in [5.74, 6) is 0.515. The predicted octanol–water partition coefficient (Wildman–Crippen LogP) is 5.46. The lowest BCUT2D eigenvalue weighted by Crippen LogP contribution is -2.47. The van der Waals surface area contributed by atoms with Gasteiger partial charge in [0, 0.05) is 24.8 Å². The van der Waals surface area contributed by atoms with Crippen molar-refractivity contribution in [1.82, 2.24) is 9.80 Å². The van der Waals surface area contributed by atoms with E-state index in [0.29, 0.717) is 18.7 Å². The number of hydrogen-bond acceptors (Lipinski definition) is 4. The number of carbonyl (C=O) groups excluding carboxylic acids is 2. The summed E-state index contributed by atoms with van der Waals surface area (Å²) in [6.07, 6.45) is 9.53. The average molecular weight is 469 g/mol. The van der Waals surface area contributed by atoms with Crippen molar-refractivity contribution in [3.63, 3.8) is 0 Å². The first-order chi connectivity index (χ1) is 16.5. The maximum absolute atomic E-state index is 13.4. The second kappa shape index (κ2) is 13.3. The fourth-order valence-electron chi connectivity index (χ4n) is 4.35. The van der Waals surface area contributed by atoms with E-state index >= 15 is 0 Å². The molecule has 6 heteroatoms. The van der Waals surface area contributed by atoms with Gasteiger partial charge in [0.2, 0.25) is 5.91 Å². The van der Waals surface area contributed by atoms with Crippen molar-refractivity contribution >= 4 is 11.8 Å². The smallest absolute Gasteiger partial charge is 0.254 e. The third-order valence-corrected chi connectivity index (χ3v) is 6.44. The first-order valence-corrected chi connectivity index (χ1v) is 12.8. The monoisotopic (exact) mass is 468 g/mol. The lowest BCUT2D eigenvalue weighted by atomic mass is 10.0. The number of carbonyl (C=O) groups is 2. The van der Waals surface area contributed by atoms with Crippen molar-refractivity contribution in [2.45, 2.75) is 84.4 Å². The quantitative estimate of drug-likeness (QED) is 0.366. The normalized spacial score (nSPS) is 15.6. The van der Waals surface area contributed by atoms with Gasteiger partial charge in [-0.1, -0.05) is 38.3 Å². The molecule has 0 N–H and O–H groups in total. The highest BCUT2D eigenvalue weighted by atomic mass is 16.5. The molecule has 2 amide bonds. The molecule has 1 aliphatic rings. The van der Waals surface area contributed by atoms with Crippen LogP contribution in [-0.4, -0.2) is 53.5 Å². The molecule has 186 valence electrons. The number of benzene rings is 1. The molecular weight excluding hydrogens is 428 g/mol. The van der Waals surface area contributed by atoms with Crippen molar-refractivity contribution in [3.8, 4) is 0 Å². The SMILES string of the molecule is CCCCCCc1ccc(C(=O)N(CC(=O)N(Cc2ccco2)CC2CCCO2)C(C)C)cc1. The molecular formula is C28H40N2O4. The Morgan fingerprint density at radius 2 is 1.88 bits per heavy atom. The number of hydrogen-bond donors (Lipinski definition) is 0. The van der Waals surface area contributed by atoms with Crippen molar-refractivity contribution in [2.24, 2.45) is 0 Å². The largest absolute Gasteiger partial charge is 0.467 e. The Morgan fingerprint density at radius 1 is 1.09 bits per heavy atom. The van der Waals surface area contributed by atoms with E-state index in [2.05, 4.69) is 6.92 Å². The van der Waals surface area contributed by atoms with Gasteiger partial charge in [-0.25, -0.2) is 0 Å². The summed E-state index contributed by atoms with van der Waals surface area (Å²) in [7, 11) is 0. The summed E-state index contributed by atoms with van der Waals surface area (Å²) in [5, 5.41) is 0. The lowest BCUT2D eigenvalue weighted by molar-refractivity contribution is -0.134. The second-order valence-corrected chi connectivity index (χ2v) is 9.52. The molecule has 0 radical (unpaired) electrons. The van der Waals surface area contributed by atoms with Crippen LogP contribution in [0.1, 0.15) is 81.0 Å². The van der Waals surface area contributed by atoms with Gasteiger partial charge in [-0.15, -0.1) is 0 Å². The molecule has 1 aromatic carbocycles. The molecule has 1 unspecified atom stereocenters. The highest BCUT2D eigenvalue weighted by molar-refractivity contribution is 5.96. The van der Waals surface area contributed by atoms with Crippen LogP contribution in [0.4, 0.5) is 0 Å². The van der Waals surface area contributed by atoms with Gasteiger partial charge in [-0.05, 0) is 69.4 Å². The summed E-state index contributed by atoms with van der Waals surface area (Å²) in [5.41, 5.74) is 1.87. The van der Waals surface area contributed by atoms with Crippen molar-refractivity contribution in [3.05, 3.63) is 59.5 Å². The third kappa shape index (κ3) is 7.73. The average Bonchev–Trinajstić information content (AvgIpc) is 3.54. The highest BCUT2D eigenvalue weighted by Crippen LogP contribution is 2.17. The second-order valence-electron chi connectivity index (χ2n) is 9.52. The highest BCUT2D eigenvalue weighted by Gasteiger charge is 2.28. The molecule has 0 bridgehead atoms. The maximum atomic E-state index is 13.4. The number of amides is 2. The number of unbranched alkanes of at least 4 members (excludes halogenated alkanes) is 3. The first kappa shape index (κ1) is 26.0. The van der Waals surface area contributed by atoms with E-state index < -0.39 is 0 Å². The summed E-state index contributed by atoms with van der Waals surface area (Å²) >= 11 is 0. The minimum atomic E-state index is -0.115. The van der Waals surface area contributed by atoms with Crippen LogP contribution in [0.15, 0.2) is 47.1 Å². The van der Waals surface area contributed by atoms with Crippen LogP contribution in [0.2, 0.25) is 0 Å². The zero-order chi connectivity index (χ0) is 24.3. The Kier molecular flexibility index (Phi) is 10.2. The fraction of sp³-hybridized carbons (Fsp3) is 0.571. The van der Waals surface area contributed by atoms with E-state index in [0.717, 1.165) is 31.6 Å². The van der Waals surface area contributed by atoms with E-state index in [1.165, 1.54) is 31.2 Å². The Labute approximate surface area is 204 Å². The van der Waals surface area contributed by atoms with Crippen LogP contribution in [0, 0.1) is 0 Å². The van der Waals surface area contributed by atoms with Crippen LogP contribution in [-0.2, 0) is 22.5 Å².